The van der Waals surface area contributed by atoms with Gasteiger partial charge >= 0.3 is 5.97 Å². The maximum atomic E-state index is 13.1. The summed E-state index contributed by atoms with van der Waals surface area (Å²) in [5.41, 5.74) is 2.37. The van der Waals surface area contributed by atoms with E-state index < -0.39 is 8.32 Å². The van der Waals surface area contributed by atoms with Crippen molar-refractivity contribution in [3.05, 3.63) is 53.6 Å². The lowest BCUT2D eigenvalue weighted by Crippen LogP contribution is -2.45. The van der Waals surface area contributed by atoms with Gasteiger partial charge in [-0.25, -0.2) is 0 Å². The summed E-state index contributed by atoms with van der Waals surface area (Å²) in [5, 5.41) is 0.0928. The van der Waals surface area contributed by atoms with Gasteiger partial charge in [-0.05, 0) is 63.7 Å². The number of benzene rings is 1. The van der Waals surface area contributed by atoms with Crippen molar-refractivity contribution < 1.29 is 18.8 Å². The SMILES string of the molecule is Cc1cccc(/C=C/[C@H]2C(O[Si](C)(C)C(C)(C)C)CC(=O)[C@@H]2C/C=C\CCCC(=O)OC(C)C)c1. The van der Waals surface area contributed by atoms with Crippen molar-refractivity contribution in [1.29, 1.82) is 0 Å². The number of carbonyl (C=O) groups excluding carboxylic acids is 2. The second kappa shape index (κ2) is 12.8. The number of ketones is 1. The smallest absolute Gasteiger partial charge is 0.306 e. The highest BCUT2D eigenvalue weighted by molar-refractivity contribution is 6.74. The number of hydrogen-bond donors (Lipinski definition) is 0. The summed E-state index contributed by atoms with van der Waals surface area (Å²) in [5.74, 6) is 0.125. The molecule has 1 aliphatic carbocycles. The normalized spacial score (nSPS) is 21.5. The van der Waals surface area contributed by atoms with Crippen LogP contribution in [0.4, 0.5) is 0 Å². The molecule has 1 fully saturated rings. The first-order chi connectivity index (χ1) is 16.3. The van der Waals surface area contributed by atoms with Crippen LogP contribution >= 0.6 is 0 Å². The quantitative estimate of drug-likeness (QED) is 0.136. The molecule has 0 spiro atoms. The molecule has 1 saturated carbocycles. The van der Waals surface area contributed by atoms with Gasteiger partial charge in [-0.15, -0.1) is 0 Å². The van der Waals surface area contributed by atoms with Crippen LogP contribution in [0, 0.1) is 18.8 Å². The fourth-order valence-corrected chi connectivity index (χ4v) is 5.58. The van der Waals surface area contributed by atoms with E-state index in [1.807, 2.05) is 13.8 Å². The number of allylic oxidation sites excluding steroid dienone is 2. The van der Waals surface area contributed by atoms with Crippen LogP contribution < -0.4 is 0 Å². The average Bonchev–Trinajstić information content (AvgIpc) is 3.01. The molecule has 3 atom stereocenters. The maximum Gasteiger partial charge on any atom is 0.306 e. The minimum absolute atomic E-state index is 0.0582. The topological polar surface area (TPSA) is 52.6 Å². The van der Waals surface area contributed by atoms with Gasteiger partial charge in [0.25, 0.3) is 0 Å². The van der Waals surface area contributed by atoms with Crippen molar-refractivity contribution in [2.75, 3.05) is 0 Å². The van der Waals surface area contributed by atoms with E-state index in [1.165, 1.54) is 5.56 Å². The van der Waals surface area contributed by atoms with Gasteiger partial charge in [-0.2, -0.15) is 0 Å². The van der Waals surface area contributed by atoms with E-state index in [0.717, 1.165) is 18.4 Å². The molecule has 0 amide bonds. The number of unbranched alkanes of at least 4 members (excludes halogenated alkanes) is 1. The van der Waals surface area contributed by atoms with Crippen molar-refractivity contribution in [3.63, 3.8) is 0 Å². The molecule has 194 valence electrons. The lowest BCUT2D eigenvalue weighted by Gasteiger charge is -2.39. The van der Waals surface area contributed by atoms with Gasteiger partial charge in [-0.3, -0.25) is 9.59 Å². The molecule has 0 aliphatic heterocycles. The van der Waals surface area contributed by atoms with Crippen molar-refractivity contribution >= 4 is 26.1 Å². The van der Waals surface area contributed by atoms with Crippen LogP contribution in [0.25, 0.3) is 6.08 Å². The first-order valence-electron chi connectivity index (χ1n) is 13.1. The zero-order valence-electron chi connectivity index (χ0n) is 23.1. The molecule has 1 aliphatic rings. The third-order valence-corrected chi connectivity index (χ3v) is 11.7. The molecule has 0 radical (unpaired) electrons. The number of carbonyl (C=O) groups is 2. The molecular formula is C30H46O4Si. The summed E-state index contributed by atoms with van der Waals surface area (Å²) in [6.45, 7) is 17.1. The van der Waals surface area contributed by atoms with Crippen molar-refractivity contribution in [2.45, 2.75) is 104 Å². The van der Waals surface area contributed by atoms with E-state index in [2.05, 4.69) is 89.4 Å². The van der Waals surface area contributed by atoms with Gasteiger partial charge in [0.05, 0.1) is 12.2 Å². The Morgan fingerprint density at radius 3 is 2.54 bits per heavy atom. The monoisotopic (exact) mass is 498 g/mol. The largest absolute Gasteiger partial charge is 0.463 e. The highest BCUT2D eigenvalue weighted by atomic mass is 28.4. The van der Waals surface area contributed by atoms with Crippen LogP contribution in [-0.4, -0.2) is 32.3 Å². The molecule has 1 aromatic rings. The zero-order valence-corrected chi connectivity index (χ0v) is 24.1. The maximum absolute atomic E-state index is 13.1. The Kier molecular flexibility index (Phi) is 10.7. The highest BCUT2D eigenvalue weighted by Gasteiger charge is 2.46. The lowest BCUT2D eigenvalue weighted by molar-refractivity contribution is -0.147. The van der Waals surface area contributed by atoms with Gasteiger partial charge in [0.2, 0.25) is 0 Å². The first kappa shape index (κ1) is 29.2. The van der Waals surface area contributed by atoms with E-state index in [1.54, 1.807) is 0 Å². The number of esters is 1. The molecule has 0 bridgehead atoms. The molecule has 0 N–H and O–H groups in total. The zero-order chi connectivity index (χ0) is 26.2. The predicted octanol–water partition coefficient (Wildman–Crippen LogP) is 7.67. The van der Waals surface area contributed by atoms with Crippen LogP contribution in [0.15, 0.2) is 42.5 Å². The minimum Gasteiger partial charge on any atom is -0.463 e. The summed E-state index contributed by atoms with van der Waals surface area (Å²) in [6.07, 6.45) is 11.6. The van der Waals surface area contributed by atoms with Crippen LogP contribution in [-0.2, 0) is 18.8 Å². The van der Waals surface area contributed by atoms with E-state index in [-0.39, 0.29) is 40.8 Å². The Balaban J connectivity index is 2.10. The number of rotatable bonds is 11. The van der Waals surface area contributed by atoms with Crippen LogP contribution in [0.2, 0.25) is 18.1 Å². The lowest BCUT2D eigenvalue weighted by atomic mass is 9.90. The molecule has 0 aromatic heterocycles. The van der Waals surface area contributed by atoms with Gasteiger partial charge in [-0.1, -0.05) is 74.9 Å². The van der Waals surface area contributed by atoms with Gasteiger partial charge in [0.15, 0.2) is 8.32 Å². The van der Waals surface area contributed by atoms with Crippen LogP contribution in [0.5, 0.6) is 0 Å². The second-order valence-corrected chi connectivity index (χ2v) is 16.4. The van der Waals surface area contributed by atoms with Crippen LogP contribution in [0.3, 0.4) is 0 Å². The van der Waals surface area contributed by atoms with E-state index in [4.69, 9.17) is 9.16 Å². The average molecular weight is 499 g/mol. The molecule has 4 nitrogen and oxygen atoms in total. The Morgan fingerprint density at radius 1 is 1.20 bits per heavy atom. The summed E-state index contributed by atoms with van der Waals surface area (Å²) >= 11 is 0. The van der Waals surface area contributed by atoms with Gasteiger partial charge < -0.3 is 9.16 Å². The molecule has 1 unspecified atom stereocenters. The Morgan fingerprint density at radius 2 is 1.91 bits per heavy atom. The molecule has 0 heterocycles. The summed E-state index contributed by atoms with van der Waals surface area (Å²) in [7, 11) is -2.01. The Bertz CT molecular complexity index is 907. The first-order valence-corrected chi connectivity index (χ1v) is 16.0. The third-order valence-electron chi connectivity index (χ3n) is 7.19. The highest BCUT2D eigenvalue weighted by Crippen LogP contribution is 2.43. The number of Topliss-reactive ketones (excluding diaryl/α,β-unsaturated/α-hetero) is 1. The molecular weight excluding hydrogens is 452 g/mol. The predicted molar refractivity (Wildman–Crippen MR) is 148 cm³/mol. The van der Waals surface area contributed by atoms with E-state index in [9.17, 15) is 9.59 Å². The second-order valence-electron chi connectivity index (χ2n) is 11.7. The standard InChI is InChI=1S/C30H46O4Si/c1-22(2)33-29(32)17-12-10-9-11-16-25-26(19-18-24-15-13-14-23(3)20-24)28(21-27(25)31)34-35(7,8)30(4,5)6/h9,11,13-15,18-20,22,25-26,28H,10,12,16-17,21H2,1-8H3/b11-9-,19-18+/t25-,26-,28?/m1/s1. The molecule has 1 aromatic carbocycles. The number of hydrogen-bond acceptors (Lipinski definition) is 4. The minimum atomic E-state index is -2.01. The Hall–Kier alpha value is -1.98. The fraction of sp³-hybridized carbons (Fsp3) is 0.600. The number of ether oxygens (including phenoxy) is 1. The third kappa shape index (κ3) is 9.19. The van der Waals surface area contributed by atoms with Gasteiger partial charge in [0.1, 0.15) is 5.78 Å². The molecule has 2 rings (SSSR count). The fourth-order valence-electron chi connectivity index (χ4n) is 4.22. The summed E-state index contributed by atoms with van der Waals surface area (Å²) < 4.78 is 12.0. The molecule has 35 heavy (non-hydrogen) atoms. The summed E-state index contributed by atoms with van der Waals surface area (Å²) in [4.78, 5) is 24.8. The summed E-state index contributed by atoms with van der Waals surface area (Å²) in [6, 6.07) is 8.42. The molecule has 5 heteroatoms. The number of aryl methyl sites for hydroxylation is 1. The van der Waals surface area contributed by atoms with Crippen molar-refractivity contribution in [2.24, 2.45) is 11.8 Å². The Labute approximate surface area is 214 Å². The molecule has 0 saturated heterocycles. The van der Waals surface area contributed by atoms with Crippen molar-refractivity contribution in [3.8, 4) is 0 Å². The van der Waals surface area contributed by atoms with Crippen LogP contribution in [0.1, 0.15) is 77.8 Å². The van der Waals surface area contributed by atoms with E-state index in [0.29, 0.717) is 19.3 Å². The van der Waals surface area contributed by atoms with Gasteiger partial charge in [0, 0.05) is 24.7 Å². The van der Waals surface area contributed by atoms with Crippen molar-refractivity contribution in [1.82, 2.24) is 0 Å². The van der Waals surface area contributed by atoms with E-state index >= 15 is 0 Å².